The zero-order valence-electron chi connectivity index (χ0n) is 42.6. The molecule has 0 aromatic heterocycles. The third-order valence-electron chi connectivity index (χ3n) is 11.6. The van der Waals surface area contributed by atoms with Crippen molar-refractivity contribution < 1.29 is 38.2 Å². The largest absolute Gasteiger partial charge is 0.544 e. The summed E-state index contributed by atoms with van der Waals surface area (Å²) < 4.78 is 17.2. The Hall–Kier alpha value is -3.23. The minimum absolute atomic E-state index is 0.0191. The highest BCUT2D eigenvalue weighted by Crippen LogP contribution is 2.14. The first-order valence-electron chi connectivity index (χ1n) is 26.5. The maximum Gasteiger partial charge on any atom is 0.306 e. The summed E-state index contributed by atoms with van der Waals surface area (Å²) in [5.41, 5.74) is 0. The molecular weight excluding hydrogens is 811 g/mol. The van der Waals surface area contributed by atoms with Crippen LogP contribution in [-0.4, -0.2) is 75.5 Å². The second-order valence-corrected chi connectivity index (χ2v) is 18.8. The van der Waals surface area contributed by atoms with Gasteiger partial charge in [0.25, 0.3) is 0 Å². The molecule has 0 radical (unpaired) electrons. The molecule has 0 amide bonds. The van der Waals surface area contributed by atoms with Crippen molar-refractivity contribution in [3.63, 3.8) is 0 Å². The van der Waals surface area contributed by atoms with E-state index in [1.807, 2.05) is 0 Å². The molecule has 2 atom stereocenters. The first kappa shape index (κ1) is 61.8. The molecule has 0 spiro atoms. The summed E-state index contributed by atoms with van der Waals surface area (Å²) in [6.07, 6.45) is 60.8. The minimum Gasteiger partial charge on any atom is -0.544 e. The lowest BCUT2D eigenvalue weighted by Gasteiger charge is -2.34. The molecule has 0 heterocycles. The van der Waals surface area contributed by atoms with Gasteiger partial charge in [0, 0.05) is 19.3 Å². The van der Waals surface area contributed by atoms with Crippen LogP contribution in [0.15, 0.2) is 72.9 Å². The number of carbonyl (C=O) groups is 3. The molecule has 0 fully saturated rings. The maximum atomic E-state index is 12.8. The van der Waals surface area contributed by atoms with Crippen molar-refractivity contribution in [3.05, 3.63) is 72.9 Å². The number of likely N-dealkylation sites (N-methyl/N-ethyl adjacent to an activating group) is 1. The third kappa shape index (κ3) is 45.7. The number of allylic oxidation sites excluding steroid dienone is 12. The smallest absolute Gasteiger partial charge is 0.306 e. The molecule has 0 bridgehead atoms. The number of ether oxygens (including phenoxy) is 3. The van der Waals surface area contributed by atoms with Gasteiger partial charge in [-0.3, -0.25) is 9.59 Å². The second-order valence-electron chi connectivity index (χ2n) is 18.8. The van der Waals surface area contributed by atoms with Crippen molar-refractivity contribution >= 4 is 17.9 Å². The summed E-state index contributed by atoms with van der Waals surface area (Å²) in [7, 11) is 5.40. The standard InChI is InChI=1S/C57H99NO7/c1-6-8-10-12-14-16-18-20-22-24-26-28-30-32-34-36-38-40-42-44-46-48-56(60)65-53(51-63-50-49-54(57(61)62)58(3,4)5)52-64-55(59)47-45-43-41-39-37-35-33-31-29-27-25-23-21-19-17-15-13-11-9-7-2/h14,16,20,22,26-29,32,34,38,40,53-54H,6-13,15,17-19,21,23-25,30-31,33,35-37,39,41-52H2,1-5H3/b16-14+,22-20+,28-26+,29-27+,34-32+,40-38+. The number of aliphatic carboxylic acids is 1. The normalized spacial score (nSPS) is 13.4. The Kier molecular flexibility index (Phi) is 44.9. The van der Waals surface area contributed by atoms with Gasteiger partial charge >= 0.3 is 11.9 Å². The number of esters is 2. The Labute approximate surface area is 400 Å². The number of unbranched alkanes of at least 4 members (excludes halogenated alkanes) is 21. The van der Waals surface area contributed by atoms with Crippen LogP contribution in [0, 0.1) is 0 Å². The lowest BCUT2D eigenvalue weighted by molar-refractivity contribution is -0.889. The van der Waals surface area contributed by atoms with Crippen LogP contribution in [0.1, 0.15) is 219 Å². The first-order valence-corrected chi connectivity index (χ1v) is 26.5. The van der Waals surface area contributed by atoms with Gasteiger partial charge in [-0.05, 0) is 89.9 Å². The SMILES string of the molecule is CCCCC/C=C/C/C=C/C/C=C/C/C=C/C/C=C/CCCCC(=O)OC(COCCC(C(=O)[O-])[N+](C)(C)C)COC(=O)CCCCCCCCC/C=C/CCCCCCCCCCC. The van der Waals surface area contributed by atoms with Crippen LogP contribution in [0.5, 0.6) is 0 Å². The van der Waals surface area contributed by atoms with Gasteiger partial charge < -0.3 is 28.6 Å². The second kappa shape index (κ2) is 47.3. The van der Waals surface area contributed by atoms with Crippen molar-refractivity contribution in [2.75, 3.05) is 41.0 Å². The molecule has 0 aliphatic rings. The van der Waals surface area contributed by atoms with Crippen LogP contribution in [0.2, 0.25) is 0 Å². The summed E-state index contributed by atoms with van der Waals surface area (Å²) in [5.74, 6) is -1.80. The summed E-state index contributed by atoms with van der Waals surface area (Å²) in [4.78, 5) is 37.0. The van der Waals surface area contributed by atoms with Crippen molar-refractivity contribution in [1.29, 1.82) is 0 Å². The van der Waals surface area contributed by atoms with Crippen molar-refractivity contribution in [3.8, 4) is 0 Å². The van der Waals surface area contributed by atoms with E-state index in [0.717, 1.165) is 57.8 Å². The van der Waals surface area contributed by atoms with E-state index in [1.54, 1.807) is 21.1 Å². The van der Waals surface area contributed by atoms with Gasteiger partial charge in [-0.2, -0.15) is 0 Å². The van der Waals surface area contributed by atoms with E-state index in [1.165, 1.54) is 122 Å². The fraction of sp³-hybridized carbons (Fsp3) is 0.737. The molecule has 0 saturated carbocycles. The Morgan fingerprint density at radius 2 is 0.815 bits per heavy atom. The fourth-order valence-electron chi connectivity index (χ4n) is 7.44. The summed E-state index contributed by atoms with van der Waals surface area (Å²) in [5, 5.41) is 11.7. The van der Waals surface area contributed by atoms with Crippen LogP contribution in [0.25, 0.3) is 0 Å². The zero-order valence-corrected chi connectivity index (χ0v) is 42.6. The highest BCUT2D eigenvalue weighted by atomic mass is 16.6. The topological polar surface area (TPSA) is 102 Å². The van der Waals surface area contributed by atoms with E-state index in [4.69, 9.17) is 14.2 Å². The van der Waals surface area contributed by atoms with E-state index in [0.29, 0.717) is 12.8 Å². The average molecular weight is 910 g/mol. The molecule has 8 nitrogen and oxygen atoms in total. The van der Waals surface area contributed by atoms with Crippen LogP contribution >= 0.6 is 0 Å². The summed E-state index contributed by atoms with van der Waals surface area (Å²) >= 11 is 0. The van der Waals surface area contributed by atoms with Crippen molar-refractivity contribution in [2.45, 2.75) is 231 Å². The number of carbonyl (C=O) groups excluding carboxylic acids is 3. The number of carboxylic acid groups (broad SMARTS) is 1. The fourth-order valence-corrected chi connectivity index (χ4v) is 7.44. The molecule has 0 N–H and O–H groups in total. The van der Waals surface area contributed by atoms with Crippen LogP contribution in [0.3, 0.4) is 0 Å². The zero-order chi connectivity index (χ0) is 47.7. The number of hydrogen-bond donors (Lipinski definition) is 0. The van der Waals surface area contributed by atoms with Gasteiger partial charge in [0.1, 0.15) is 12.6 Å². The van der Waals surface area contributed by atoms with E-state index < -0.39 is 18.1 Å². The molecule has 0 saturated heterocycles. The number of nitrogens with zero attached hydrogens (tertiary/aromatic N) is 1. The molecular formula is C57H99NO7. The van der Waals surface area contributed by atoms with Crippen LogP contribution < -0.4 is 5.11 Å². The first-order chi connectivity index (χ1) is 31.6. The van der Waals surface area contributed by atoms with Crippen molar-refractivity contribution in [1.82, 2.24) is 0 Å². The quantitative estimate of drug-likeness (QED) is 0.0259. The number of rotatable bonds is 47. The third-order valence-corrected chi connectivity index (χ3v) is 11.6. The van der Waals surface area contributed by atoms with Crippen LogP contribution in [-0.2, 0) is 28.6 Å². The van der Waals surface area contributed by atoms with Gasteiger partial charge in [0.05, 0.1) is 40.3 Å². The van der Waals surface area contributed by atoms with Gasteiger partial charge in [0.2, 0.25) is 0 Å². The van der Waals surface area contributed by atoms with E-state index in [9.17, 15) is 19.5 Å². The molecule has 374 valence electrons. The lowest BCUT2D eigenvalue weighted by atomic mass is 10.1. The highest BCUT2D eigenvalue weighted by molar-refractivity contribution is 5.70. The number of carboxylic acids is 1. The highest BCUT2D eigenvalue weighted by Gasteiger charge is 2.25. The Morgan fingerprint density at radius 1 is 0.462 bits per heavy atom. The molecule has 0 rings (SSSR count). The van der Waals surface area contributed by atoms with E-state index in [2.05, 4.69) is 86.8 Å². The van der Waals surface area contributed by atoms with Crippen LogP contribution in [0.4, 0.5) is 0 Å². The van der Waals surface area contributed by atoms with Gasteiger partial charge in [-0.15, -0.1) is 0 Å². The van der Waals surface area contributed by atoms with E-state index >= 15 is 0 Å². The molecule has 0 aromatic rings. The molecule has 2 unspecified atom stereocenters. The molecule has 0 aliphatic heterocycles. The van der Waals surface area contributed by atoms with Gasteiger partial charge in [0.15, 0.2) is 6.10 Å². The molecule has 0 aromatic carbocycles. The van der Waals surface area contributed by atoms with Crippen molar-refractivity contribution in [2.24, 2.45) is 0 Å². The lowest BCUT2D eigenvalue weighted by Crippen LogP contribution is -2.55. The van der Waals surface area contributed by atoms with E-state index in [-0.39, 0.29) is 49.1 Å². The number of hydrogen-bond acceptors (Lipinski definition) is 7. The monoisotopic (exact) mass is 910 g/mol. The molecule has 65 heavy (non-hydrogen) atoms. The molecule has 0 aliphatic carbocycles. The Morgan fingerprint density at radius 3 is 1.28 bits per heavy atom. The predicted octanol–water partition coefficient (Wildman–Crippen LogP) is 14.1. The Bertz CT molecular complexity index is 1290. The van der Waals surface area contributed by atoms with Gasteiger partial charge in [-0.25, -0.2) is 0 Å². The minimum atomic E-state index is -1.13. The summed E-state index contributed by atoms with van der Waals surface area (Å²) in [6, 6.07) is -0.738. The Balaban J connectivity index is 4.34. The average Bonchev–Trinajstić information content (AvgIpc) is 3.27. The van der Waals surface area contributed by atoms with Gasteiger partial charge in [-0.1, -0.05) is 183 Å². The maximum absolute atomic E-state index is 12.8. The summed E-state index contributed by atoms with van der Waals surface area (Å²) in [6.45, 7) is 4.60. The predicted molar refractivity (Wildman–Crippen MR) is 272 cm³/mol. The molecule has 8 heteroatoms. The number of quaternary nitrogens is 1.